The minimum Gasteiger partial charge on any atom is -0.481 e. The lowest BCUT2D eigenvalue weighted by atomic mass is 10.1. The third kappa shape index (κ3) is 4.69. The molecule has 0 aliphatic heterocycles. The molecule has 4 N–H and O–H groups in total. The average Bonchev–Trinajstić information content (AvgIpc) is 1.98. The Hall–Kier alpha value is -0.680. The molecule has 66 valence electrons. The van der Waals surface area contributed by atoms with Crippen LogP contribution in [0.4, 0.5) is 4.39 Å². The SMILES string of the molecule is NC(CCC(=O)O)C(O)CF. The number of aliphatic hydroxyl groups is 1. The second-order valence-corrected chi connectivity index (χ2v) is 2.32. The molecule has 0 aliphatic carbocycles. The first-order chi connectivity index (χ1) is 5.07. The second kappa shape index (κ2) is 5.03. The van der Waals surface area contributed by atoms with Gasteiger partial charge in [0.15, 0.2) is 0 Å². The molecule has 0 saturated carbocycles. The Morgan fingerprint density at radius 1 is 1.64 bits per heavy atom. The summed E-state index contributed by atoms with van der Waals surface area (Å²) in [5, 5.41) is 16.9. The standard InChI is InChI=1S/C6H12FNO3/c7-3-5(9)4(8)1-2-6(10)11/h4-5,9H,1-3,8H2,(H,10,11). The Bertz CT molecular complexity index is 131. The van der Waals surface area contributed by atoms with E-state index in [0.717, 1.165) is 0 Å². The zero-order valence-electron chi connectivity index (χ0n) is 6.03. The van der Waals surface area contributed by atoms with E-state index in [0.29, 0.717) is 0 Å². The number of hydrogen-bond donors (Lipinski definition) is 3. The van der Waals surface area contributed by atoms with Crippen LogP contribution in [0, 0.1) is 0 Å². The minimum atomic E-state index is -1.24. The Kier molecular flexibility index (Phi) is 4.72. The number of aliphatic hydroxyl groups excluding tert-OH is 1. The third-order valence-corrected chi connectivity index (χ3v) is 1.34. The highest BCUT2D eigenvalue weighted by atomic mass is 19.1. The molecule has 0 spiro atoms. The number of carboxylic acid groups (broad SMARTS) is 1. The van der Waals surface area contributed by atoms with Crippen molar-refractivity contribution < 1.29 is 19.4 Å². The Balaban J connectivity index is 3.51. The van der Waals surface area contributed by atoms with E-state index in [-0.39, 0.29) is 12.8 Å². The molecule has 0 aromatic rings. The third-order valence-electron chi connectivity index (χ3n) is 1.34. The second-order valence-electron chi connectivity index (χ2n) is 2.32. The lowest BCUT2D eigenvalue weighted by molar-refractivity contribution is -0.137. The van der Waals surface area contributed by atoms with Crippen LogP contribution in [0.2, 0.25) is 0 Å². The molecule has 4 nitrogen and oxygen atoms in total. The van der Waals surface area contributed by atoms with E-state index in [4.69, 9.17) is 15.9 Å². The fourth-order valence-electron chi connectivity index (χ4n) is 0.597. The molecular formula is C6H12FNO3. The van der Waals surface area contributed by atoms with Crippen molar-refractivity contribution in [3.63, 3.8) is 0 Å². The zero-order valence-corrected chi connectivity index (χ0v) is 6.03. The van der Waals surface area contributed by atoms with Crippen LogP contribution in [-0.2, 0) is 4.79 Å². The van der Waals surface area contributed by atoms with Gasteiger partial charge in [-0.3, -0.25) is 4.79 Å². The summed E-state index contributed by atoms with van der Waals surface area (Å²) in [5.74, 6) is -0.994. The van der Waals surface area contributed by atoms with Gasteiger partial charge in [-0.2, -0.15) is 0 Å². The lowest BCUT2D eigenvalue weighted by Crippen LogP contribution is -2.36. The number of alkyl halides is 1. The summed E-state index contributed by atoms with van der Waals surface area (Å²) in [6.07, 6.45) is -1.28. The molecule has 0 rings (SSSR count). The average molecular weight is 165 g/mol. The molecule has 0 aromatic heterocycles. The van der Waals surface area contributed by atoms with Crippen LogP contribution in [0.5, 0.6) is 0 Å². The number of nitrogens with two attached hydrogens (primary N) is 1. The van der Waals surface area contributed by atoms with Crippen molar-refractivity contribution >= 4 is 5.97 Å². The van der Waals surface area contributed by atoms with Crippen LogP contribution < -0.4 is 5.73 Å². The van der Waals surface area contributed by atoms with Crippen LogP contribution in [-0.4, -0.2) is 35.0 Å². The molecule has 0 heterocycles. The highest BCUT2D eigenvalue weighted by Gasteiger charge is 2.14. The molecule has 0 amide bonds. The van der Waals surface area contributed by atoms with Crippen LogP contribution in [0.3, 0.4) is 0 Å². The van der Waals surface area contributed by atoms with Crippen molar-refractivity contribution in [1.82, 2.24) is 0 Å². The van der Waals surface area contributed by atoms with Gasteiger partial charge in [0, 0.05) is 12.5 Å². The number of hydrogen-bond acceptors (Lipinski definition) is 3. The number of rotatable bonds is 5. The largest absolute Gasteiger partial charge is 0.481 e. The number of carboxylic acids is 1. The smallest absolute Gasteiger partial charge is 0.303 e. The molecule has 5 heteroatoms. The fraction of sp³-hybridized carbons (Fsp3) is 0.833. The van der Waals surface area contributed by atoms with Gasteiger partial charge in [-0.25, -0.2) is 4.39 Å². The van der Waals surface area contributed by atoms with Crippen LogP contribution >= 0.6 is 0 Å². The number of carbonyl (C=O) groups is 1. The molecule has 0 aromatic carbocycles. The first-order valence-electron chi connectivity index (χ1n) is 3.29. The quantitative estimate of drug-likeness (QED) is 0.513. The molecule has 11 heavy (non-hydrogen) atoms. The molecule has 0 radical (unpaired) electrons. The summed E-state index contributed by atoms with van der Waals surface area (Å²) < 4.78 is 11.7. The van der Waals surface area contributed by atoms with Gasteiger partial charge >= 0.3 is 5.97 Å². The van der Waals surface area contributed by atoms with Crippen molar-refractivity contribution in [3.05, 3.63) is 0 Å². The molecule has 0 saturated heterocycles. The van der Waals surface area contributed by atoms with Gasteiger partial charge in [0.25, 0.3) is 0 Å². The van der Waals surface area contributed by atoms with Crippen molar-refractivity contribution in [1.29, 1.82) is 0 Å². The van der Waals surface area contributed by atoms with Gasteiger partial charge in [-0.15, -0.1) is 0 Å². The van der Waals surface area contributed by atoms with E-state index in [1.165, 1.54) is 0 Å². The highest BCUT2D eigenvalue weighted by Crippen LogP contribution is 2.00. The summed E-state index contributed by atoms with van der Waals surface area (Å²) in [6.45, 7) is -0.930. The first-order valence-corrected chi connectivity index (χ1v) is 3.29. The maximum Gasteiger partial charge on any atom is 0.303 e. The predicted molar refractivity (Wildman–Crippen MR) is 36.8 cm³/mol. The van der Waals surface area contributed by atoms with Gasteiger partial charge in [0.1, 0.15) is 6.67 Å². The van der Waals surface area contributed by atoms with E-state index in [9.17, 15) is 9.18 Å². The zero-order chi connectivity index (χ0) is 8.85. The molecule has 2 atom stereocenters. The summed E-state index contributed by atoms with van der Waals surface area (Å²) >= 11 is 0. The number of aliphatic carboxylic acids is 1. The van der Waals surface area contributed by atoms with Crippen molar-refractivity contribution in [3.8, 4) is 0 Å². The van der Waals surface area contributed by atoms with Crippen molar-refractivity contribution in [2.24, 2.45) is 5.73 Å². The first kappa shape index (κ1) is 10.3. The topological polar surface area (TPSA) is 83.6 Å². The normalized spacial score (nSPS) is 15.9. The van der Waals surface area contributed by atoms with Crippen LogP contribution in [0.15, 0.2) is 0 Å². The van der Waals surface area contributed by atoms with E-state index >= 15 is 0 Å². The summed E-state index contributed by atoms with van der Waals surface area (Å²) in [6, 6.07) is -0.781. The molecular weight excluding hydrogens is 153 g/mol. The predicted octanol–water partition coefficient (Wildman–Crippen LogP) is -0.491. The fourth-order valence-corrected chi connectivity index (χ4v) is 0.597. The van der Waals surface area contributed by atoms with Crippen LogP contribution in [0.25, 0.3) is 0 Å². The van der Waals surface area contributed by atoms with Gasteiger partial charge < -0.3 is 15.9 Å². The van der Waals surface area contributed by atoms with Crippen LogP contribution in [0.1, 0.15) is 12.8 Å². The highest BCUT2D eigenvalue weighted by molar-refractivity contribution is 5.66. The maximum absolute atomic E-state index is 11.7. The van der Waals surface area contributed by atoms with E-state index in [1.807, 2.05) is 0 Å². The summed E-state index contributed by atoms with van der Waals surface area (Å²) in [7, 11) is 0. The van der Waals surface area contributed by atoms with E-state index in [1.54, 1.807) is 0 Å². The minimum absolute atomic E-state index is 0.0976. The van der Waals surface area contributed by atoms with Gasteiger partial charge in [-0.1, -0.05) is 0 Å². The molecule has 0 fully saturated rings. The molecule has 0 aliphatic rings. The Labute approximate surface area is 63.8 Å². The molecule has 0 bridgehead atoms. The van der Waals surface area contributed by atoms with Gasteiger partial charge in [0.2, 0.25) is 0 Å². The van der Waals surface area contributed by atoms with Gasteiger partial charge in [-0.05, 0) is 6.42 Å². The van der Waals surface area contributed by atoms with Gasteiger partial charge in [0.05, 0.1) is 6.10 Å². The summed E-state index contributed by atoms with van der Waals surface area (Å²) in [5.41, 5.74) is 5.22. The van der Waals surface area contributed by atoms with E-state index < -0.39 is 24.8 Å². The Morgan fingerprint density at radius 2 is 2.18 bits per heavy atom. The summed E-state index contributed by atoms with van der Waals surface area (Å²) in [4.78, 5) is 9.98. The molecule has 2 unspecified atom stereocenters. The lowest BCUT2D eigenvalue weighted by Gasteiger charge is -2.13. The van der Waals surface area contributed by atoms with Crippen molar-refractivity contribution in [2.45, 2.75) is 25.0 Å². The maximum atomic E-state index is 11.7. The number of halogens is 1. The van der Waals surface area contributed by atoms with E-state index in [2.05, 4.69) is 0 Å². The monoisotopic (exact) mass is 165 g/mol. The Morgan fingerprint density at radius 3 is 2.55 bits per heavy atom. The van der Waals surface area contributed by atoms with Crippen molar-refractivity contribution in [2.75, 3.05) is 6.67 Å².